The van der Waals surface area contributed by atoms with Crippen LogP contribution in [0, 0.1) is 0 Å². The molecular formula is C16H21N5O6. The summed E-state index contributed by atoms with van der Waals surface area (Å²) in [6.45, 7) is 0. The number of carbonyl (C=O) groups excluding carboxylic acids is 3. The van der Waals surface area contributed by atoms with Gasteiger partial charge in [0.15, 0.2) is 11.5 Å². The van der Waals surface area contributed by atoms with E-state index in [-0.39, 0.29) is 28.3 Å². The van der Waals surface area contributed by atoms with Crippen LogP contribution in [-0.4, -0.2) is 82.0 Å². The first-order chi connectivity index (χ1) is 12.7. The highest BCUT2D eigenvalue weighted by Gasteiger charge is 2.36. The molecule has 2 heterocycles. The van der Waals surface area contributed by atoms with E-state index < -0.39 is 17.9 Å². The molecule has 2 aromatic rings. The fourth-order valence-electron chi connectivity index (χ4n) is 2.51. The number of methoxy groups -OCH3 is 3. The van der Waals surface area contributed by atoms with E-state index in [2.05, 4.69) is 10.1 Å². The van der Waals surface area contributed by atoms with E-state index in [9.17, 15) is 14.4 Å². The number of carbonyl (C=O) groups is 3. The number of anilines is 2. The van der Waals surface area contributed by atoms with E-state index in [1.807, 2.05) is 0 Å². The molecule has 0 aliphatic heterocycles. The van der Waals surface area contributed by atoms with Crippen molar-refractivity contribution in [1.29, 1.82) is 0 Å². The predicted octanol–water partition coefficient (Wildman–Crippen LogP) is 0.221. The monoisotopic (exact) mass is 379 g/mol. The molecule has 2 aromatic heterocycles. The third kappa shape index (κ3) is 3.23. The van der Waals surface area contributed by atoms with E-state index in [1.165, 1.54) is 0 Å². The van der Waals surface area contributed by atoms with Crippen molar-refractivity contribution in [1.82, 2.24) is 14.6 Å². The van der Waals surface area contributed by atoms with Gasteiger partial charge < -0.3 is 24.0 Å². The molecule has 0 bridgehead atoms. The minimum Gasteiger partial charge on any atom is -0.465 e. The molecule has 2 rings (SSSR count). The molecule has 146 valence electrons. The maximum Gasteiger partial charge on any atom is 0.357 e. The van der Waals surface area contributed by atoms with Gasteiger partial charge >= 0.3 is 17.9 Å². The third-order valence-corrected chi connectivity index (χ3v) is 3.74. The molecule has 0 aliphatic carbocycles. The van der Waals surface area contributed by atoms with Crippen molar-refractivity contribution in [3.63, 3.8) is 0 Å². The summed E-state index contributed by atoms with van der Waals surface area (Å²) in [6.07, 6.45) is 0. The Morgan fingerprint density at radius 3 is 1.78 bits per heavy atom. The van der Waals surface area contributed by atoms with Gasteiger partial charge in [0.2, 0.25) is 5.95 Å². The summed E-state index contributed by atoms with van der Waals surface area (Å²) >= 11 is 0. The molecule has 0 saturated heterocycles. The van der Waals surface area contributed by atoms with Crippen LogP contribution in [0.4, 0.5) is 11.8 Å². The van der Waals surface area contributed by atoms with Gasteiger partial charge in [-0.15, -0.1) is 5.10 Å². The van der Waals surface area contributed by atoms with E-state index >= 15 is 0 Å². The minimum atomic E-state index is -0.905. The number of ether oxygens (including phenoxy) is 3. The maximum atomic E-state index is 12.5. The van der Waals surface area contributed by atoms with Crippen LogP contribution in [-0.2, 0) is 14.2 Å². The summed E-state index contributed by atoms with van der Waals surface area (Å²) in [5, 5.41) is 4.29. The number of fused-ring (bicyclic) bond motifs is 1. The molecule has 0 radical (unpaired) electrons. The molecule has 0 atom stereocenters. The summed E-state index contributed by atoms with van der Waals surface area (Å²) in [7, 11) is 10.3. The van der Waals surface area contributed by atoms with Gasteiger partial charge in [0.25, 0.3) is 0 Å². The Morgan fingerprint density at radius 2 is 1.33 bits per heavy atom. The van der Waals surface area contributed by atoms with E-state index in [0.29, 0.717) is 5.82 Å². The second-order valence-corrected chi connectivity index (χ2v) is 5.86. The number of rotatable bonds is 5. The Hall–Kier alpha value is -3.37. The Labute approximate surface area is 155 Å². The van der Waals surface area contributed by atoms with Crippen molar-refractivity contribution in [2.45, 2.75) is 0 Å². The standard InChI is InChI=1S/C16H21N5O6/c1-19(2)12-10-8(13(22)25-5)9(14(23)26-6)11(15(24)27-7)21(10)18-16(17-12)20(3)4/h1-7H3. The van der Waals surface area contributed by atoms with Crippen molar-refractivity contribution in [3.05, 3.63) is 16.8 Å². The van der Waals surface area contributed by atoms with E-state index in [4.69, 9.17) is 14.2 Å². The van der Waals surface area contributed by atoms with Gasteiger partial charge in [0.05, 0.1) is 21.3 Å². The lowest BCUT2D eigenvalue weighted by Gasteiger charge is -2.18. The first kappa shape index (κ1) is 19.9. The van der Waals surface area contributed by atoms with Gasteiger partial charge in [-0.05, 0) is 0 Å². The highest BCUT2D eigenvalue weighted by Crippen LogP contribution is 2.32. The van der Waals surface area contributed by atoms with Crippen LogP contribution in [0.25, 0.3) is 5.52 Å². The first-order valence-electron chi connectivity index (χ1n) is 7.75. The van der Waals surface area contributed by atoms with Crippen molar-refractivity contribution in [2.75, 3.05) is 59.3 Å². The van der Waals surface area contributed by atoms with Gasteiger partial charge in [-0.2, -0.15) is 4.98 Å². The number of nitrogens with zero attached hydrogens (tertiary/aromatic N) is 5. The van der Waals surface area contributed by atoms with Crippen molar-refractivity contribution < 1.29 is 28.6 Å². The fraction of sp³-hybridized carbons (Fsp3) is 0.438. The Morgan fingerprint density at radius 1 is 0.815 bits per heavy atom. The summed E-state index contributed by atoms with van der Waals surface area (Å²) in [4.78, 5) is 45.1. The average molecular weight is 379 g/mol. The van der Waals surface area contributed by atoms with Gasteiger partial charge in [0.1, 0.15) is 16.6 Å². The Kier molecular flexibility index (Phi) is 5.52. The number of hydrogen-bond acceptors (Lipinski definition) is 10. The predicted molar refractivity (Wildman–Crippen MR) is 95.7 cm³/mol. The molecule has 0 spiro atoms. The largest absolute Gasteiger partial charge is 0.465 e. The zero-order valence-electron chi connectivity index (χ0n) is 16.2. The van der Waals surface area contributed by atoms with Gasteiger partial charge in [-0.25, -0.2) is 18.9 Å². The van der Waals surface area contributed by atoms with Crippen molar-refractivity contribution in [2.24, 2.45) is 0 Å². The zero-order chi connectivity index (χ0) is 20.5. The molecule has 0 N–H and O–H groups in total. The highest BCUT2D eigenvalue weighted by molar-refractivity contribution is 6.16. The molecule has 0 fully saturated rings. The number of aromatic nitrogens is 3. The lowest BCUT2D eigenvalue weighted by Crippen LogP contribution is -2.21. The van der Waals surface area contributed by atoms with E-state index in [1.54, 1.807) is 38.0 Å². The SMILES string of the molecule is COC(=O)c1c(C(=O)OC)c2c(N(C)C)nc(N(C)C)nn2c1C(=O)OC. The lowest BCUT2D eigenvalue weighted by molar-refractivity contribution is 0.0536. The minimum absolute atomic E-state index is 0.123. The molecule has 11 heteroatoms. The summed E-state index contributed by atoms with van der Waals surface area (Å²) in [5.74, 6) is -2.06. The van der Waals surface area contributed by atoms with Crippen molar-refractivity contribution >= 4 is 35.2 Å². The quantitative estimate of drug-likeness (QED) is 0.528. The van der Waals surface area contributed by atoms with Crippen LogP contribution >= 0.6 is 0 Å². The molecule has 0 aromatic carbocycles. The maximum absolute atomic E-state index is 12.5. The van der Waals surface area contributed by atoms with E-state index in [0.717, 1.165) is 25.8 Å². The molecule has 0 unspecified atom stereocenters. The molecule has 0 saturated carbocycles. The topological polar surface area (TPSA) is 116 Å². The van der Waals surface area contributed by atoms with Gasteiger partial charge in [-0.1, -0.05) is 0 Å². The Balaban J connectivity index is 3.17. The highest BCUT2D eigenvalue weighted by atomic mass is 16.5. The molecule has 27 heavy (non-hydrogen) atoms. The zero-order valence-corrected chi connectivity index (χ0v) is 16.2. The normalized spacial score (nSPS) is 10.5. The number of hydrogen-bond donors (Lipinski definition) is 0. The lowest BCUT2D eigenvalue weighted by atomic mass is 10.1. The smallest absolute Gasteiger partial charge is 0.357 e. The fourth-order valence-corrected chi connectivity index (χ4v) is 2.51. The summed E-state index contributed by atoms with van der Waals surface area (Å²) in [6, 6.07) is 0. The van der Waals surface area contributed by atoms with Crippen LogP contribution < -0.4 is 9.80 Å². The molecule has 0 aliphatic rings. The second-order valence-electron chi connectivity index (χ2n) is 5.86. The van der Waals surface area contributed by atoms with Crippen LogP contribution in [0.2, 0.25) is 0 Å². The molecule has 0 amide bonds. The summed E-state index contributed by atoms with van der Waals surface area (Å²) in [5.41, 5.74) is -0.616. The van der Waals surface area contributed by atoms with Gasteiger partial charge in [0, 0.05) is 28.2 Å². The number of esters is 3. The van der Waals surface area contributed by atoms with Crippen LogP contribution in [0.5, 0.6) is 0 Å². The third-order valence-electron chi connectivity index (χ3n) is 3.74. The molecular weight excluding hydrogens is 358 g/mol. The second kappa shape index (κ2) is 7.48. The van der Waals surface area contributed by atoms with Crippen LogP contribution in [0.15, 0.2) is 0 Å². The molecule has 11 nitrogen and oxygen atoms in total. The first-order valence-corrected chi connectivity index (χ1v) is 7.75. The van der Waals surface area contributed by atoms with Crippen molar-refractivity contribution in [3.8, 4) is 0 Å². The van der Waals surface area contributed by atoms with Crippen LogP contribution in [0.1, 0.15) is 31.2 Å². The Bertz CT molecular complexity index is 918. The summed E-state index contributed by atoms with van der Waals surface area (Å²) < 4.78 is 15.6. The van der Waals surface area contributed by atoms with Crippen LogP contribution in [0.3, 0.4) is 0 Å². The van der Waals surface area contributed by atoms with Gasteiger partial charge in [-0.3, -0.25) is 0 Å². The average Bonchev–Trinajstić information content (AvgIpc) is 2.99.